The van der Waals surface area contributed by atoms with E-state index in [2.05, 4.69) is 15.6 Å². The Bertz CT molecular complexity index is 595. The minimum Gasteiger partial charge on any atom is -0.381 e. The number of fused-ring (bicyclic) bond motifs is 1. The molecule has 1 aliphatic heterocycles. The van der Waals surface area contributed by atoms with Gasteiger partial charge in [-0.3, -0.25) is 0 Å². The highest BCUT2D eigenvalue weighted by Gasteiger charge is 2.28. The number of hydrogen-bond donors (Lipinski definition) is 0. The molecule has 4 rings (SSSR count). The number of aromatic nitrogens is 3. The topological polar surface area (TPSA) is 39.9 Å². The molecular weight excluding hydrogens is 250 g/mol. The van der Waals surface area contributed by atoms with Crippen molar-refractivity contribution in [2.24, 2.45) is 0 Å². The Morgan fingerprint density at radius 2 is 2.05 bits per heavy atom. The fourth-order valence-electron chi connectivity index (χ4n) is 3.70. The number of nitrogens with zero attached hydrogens (tertiary/aromatic N) is 3. The van der Waals surface area contributed by atoms with E-state index < -0.39 is 0 Å². The van der Waals surface area contributed by atoms with Crippen molar-refractivity contribution in [3.05, 3.63) is 24.2 Å². The van der Waals surface area contributed by atoms with Gasteiger partial charge in [0.15, 0.2) is 5.65 Å². The highest BCUT2D eigenvalue weighted by molar-refractivity contribution is 5.71. The number of rotatable bonds is 2. The van der Waals surface area contributed by atoms with Crippen LogP contribution >= 0.6 is 0 Å². The first-order valence-corrected chi connectivity index (χ1v) is 7.84. The lowest BCUT2D eigenvalue weighted by molar-refractivity contribution is 0.0767. The van der Waals surface area contributed by atoms with Crippen LogP contribution in [0, 0.1) is 0 Å². The van der Waals surface area contributed by atoms with Crippen LogP contribution in [0.4, 0.5) is 0 Å². The molecule has 1 saturated heterocycles. The van der Waals surface area contributed by atoms with Gasteiger partial charge < -0.3 is 9.30 Å². The molecule has 106 valence electrons. The SMILES string of the molecule is c1cnc2c(c1)nc(C1CCCOC1)n2C1CCCC1. The molecule has 0 radical (unpaired) electrons. The van der Waals surface area contributed by atoms with Crippen LogP contribution in [0.15, 0.2) is 18.3 Å². The standard InChI is InChI=1S/C16H21N3O/c1-2-7-13(6-1)19-15(12-5-4-10-20-11-12)18-14-8-3-9-17-16(14)19/h3,8-9,12-13H,1-2,4-7,10-11H2. The zero-order valence-electron chi connectivity index (χ0n) is 11.8. The Kier molecular flexibility index (Phi) is 3.19. The molecule has 0 aromatic carbocycles. The number of ether oxygens (including phenoxy) is 1. The average Bonchev–Trinajstić information content (AvgIpc) is 3.14. The quantitative estimate of drug-likeness (QED) is 0.840. The van der Waals surface area contributed by atoms with Gasteiger partial charge in [0, 0.05) is 24.8 Å². The molecule has 0 spiro atoms. The zero-order valence-corrected chi connectivity index (χ0v) is 11.8. The summed E-state index contributed by atoms with van der Waals surface area (Å²) in [4.78, 5) is 9.50. The van der Waals surface area contributed by atoms with E-state index in [-0.39, 0.29) is 0 Å². The van der Waals surface area contributed by atoms with Crippen LogP contribution in [0.2, 0.25) is 0 Å². The van der Waals surface area contributed by atoms with E-state index in [1.807, 2.05) is 12.3 Å². The van der Waals surface area contributed by atoms with Gasteiger partial charge in [-0.25, -0.2) is 9.97 Å². The van der Waals surface area contributed by atoms with E-state index in [4.69, 9.17) is 9.72 Å². The summed E-state index contributed by atoms with van der Waals surface area (Å²) in [7, 11) is 0. The van der Waals surface area contributed by atoms with Crippen LogP contribution in [-0.4, -0.2) is 27.7 Å². The van der Waals surface area contributed by atoms with Gasteiger partial charge in [-0.05, 0) is 37.8 Å². The van der Waals surface area contributed by atoms with Crippen molar-refractivity contribution < 1.29 is 4.74 Å². The Morgan fingerprint density at radius 1 is 1.15 bits per heavy atom. The molecule has 20 heavy (non-hydrogen) atoms. The van der Waals surface area contributed by atoms with Crippen molar-refractivity contribution in [2.75, 3.05) is 13.2 Å². The molecule has 0 N–H and O–H groups in total. The Morgan fingerprint density at radius 3 is 2.85 bits per heavy atom. The first-order valence-electron chi connectivity index (χ1n) is 7.84. The van der Waals surface area contributed by atoms with Crippen molar-refractivity contribution >= 4 is 11.2 Å². The van der Waals surface area contributed by atoms with E-state index >= 15 is 0 Å². The molecule has 2 aromatic heterocycles. The molecule has 0 bridgehead atoms. The summed E-state index contributed by atoms with van der Waals surface area (Å²) in [5.74, 6) is 1.66. The molecule has 1 unspecified atom stereocenters. The molecular formula is C16H21N3O. The van der Waals surface area contributed by atoms with Crippen molar-refractivity contribution in [2.45, 2.75) is 50.5 Å². The molecule has 4 heteroatoms. The fourth-order valence-corrected chi connectivity index (χ4v) is 3.70. The largest absolute Gasteiger partial charge is 0.381 e. The second-order valence-corrected chi connectivity index (χ2v) is 6.04. The fraction of sp³-hybridized carbons (Fsp3) is 0.625. The summed E-state index contributed by atoms with van der Waals surface area (Å²) < 4.78 is 8.11. The number of hydrogen-bond acceptors (Lipinski definition) is 3. The molecule has 0 amide bonds. The van der Waals surface area contributed by atoms with Crippen molar-refractivity contribution in [1.82, 2.24) is 14.5 Å². The zero-order chi connectivity index (χ0) is 13.4. The first-order chi connectivity index (χ1) is 9.93. The van der Waals surface area contributed by atoms with E-state index in [1.165, 1.54) is 37.9 Å². The van der Waals surface area contributed by atoms with Crippen LogP contribution in [0.3, 0.4) is 0 Å². The van der Waals surface area contributed by atoms with Crippen LogP contribution in [-0.2, 0) is 4.74 Å². The van der Waals surface area contributed by atoms with Crippen molar-refractivity contribution in [3.8, 4) is 0 Å². The van der Waals surface area contributed by atoms with Crippen LogP contribution in [0.1, 0.15) is 56.3 Å². The van der Waals surface area contributed by atoms with E-state index in [0.717, 1.165) is 30.8 Å². The van der Waals surface area contributed by atoms with E-state index in [9.17, 15) is 0 Å². The minimum absolute atomic E-state index is 0.443. The second-order valence-electron chi connectivity index (χ2n) is 6.04. The lowest BCUT2D eigenvalue weighted by atomic mass is 10.0. The maximum absolute atomic E-state index is 5.68. The monoisotopic (exact) mass is 271 g/mol. The summed E-state index contributed by atoms with van der Waals surface area (Å²) in [6.07, 6.45) is 9.42. The smallest absolute Gasteiger partial charge is 0.160 e. The molecule has 1 atom stereocenters. The Labute approximate surface area is 119 Å². The Balaban J connectivity index is 1.82. The predicted octanol–water partition coefficient (Wildman–Crippen LogP) is 3.44. The molecule has 2 aliphatic rings. The normalized spacial score (nSPS) is 24.5. The minimum atomic E-state index is 0.443. The summed E-state index contributed by atoms with van der Waals surface area (Å²) in [5, 5.41) is 0. The third-order valence-electron chi connectivity index (χ3n) is 4.69. The molecule has 1 aliphatic carbocycles. The molecule has 1 saturated carbocycles. The third-order valence-corrected chi connectivity index (χ3v) is 4.69. The lowest BCUT2D eigenvalue weighted by Crippen LogP contribution is -2.21. The molecule has 2 fully saturated rings. The third kappa shape index (κ3) is 2.03. The van der Waals surface area contributed by atoms with Crippen LogP contribution in [0.25, 0.3) is 11.2 Å². The maximum atomic E-state index is 5.68. The highest BCUT2D eigenvalue weighted by atomic mass is 16.5. The summed E-state index contributed by atoms with van der Waals surface area (Å²) in [6.45, 7) is 1.72. The van der Waals surface area contributed by atoms with Crippen LogP contribution in [0.5, 0.6) is 0 Å². The van der Waals surface area contributed by atoms with E-state index in [1.54, 1.807) is 0 Å². The van der Waals surface area contributed by atoms with Gasteiger partial charge in [-0.1, -0.05) is 12.8 Å². The Hall–Kier alpha value is -1.42. The first kappa shape index (κ1) is 12.3. The lowest BCUT2D eigenvalue weighted by Gasteiger charge is -2.24. The van der Waals surface area contributed by atoms with Gasteiger partial charge in [0.05, 0.1) is 6.61 Å². The second kappa shape index (κ2) is 5.17. The van der Waals surface area contributed by atoms with Gasteiger partial charge in [-0.15, -0.1) is 0 Å². The van der Waals surface area contributed by atoms with E-state index in [0.29, 0.717) is 12.0 Å². The van der Waals surface area contributed by atoms with Crippen molar-refractivity contribution in [1.29, 1.82) is 0 Å². The molecule has 3 heterocycles. The molecule has 4 nitrogen and oxygen atoms in total. The average molecular weight is 271 g/mol. The van der Waals surface area contributed by atoms with Gasteiger partial charge in [-0.2, -0.15) is 0 Å². The maximum Gasteiger partial charge on any atom is 0.160 e. The summed E-state index contributed by atoms with van der Waals surface area (Å²) in [5.41, 5.74) is 2.11. The summed E-state index contributed by atoms with van der Waals surface area (Å²) in [6, 6.07) is 4.66. The van der Waals surface area contributed by atoms with Crippen molar-refractivity contribution in [3.63, 3.8) is 0 Å². The predicted molar refractivity (Wildman–Crippen MR) is 77.8 cm³/mol. The number of imidazole rings is 1. The van der Waals surface area contributed by atoms with Gasteiger partial charge in [0.2, 0.25) is 0 Å². The molecule has 2 aromatic rings. The van der Waals surface area contributed by atoms with Gasteiger partial charge in [0.25, 0.3) is 0 Å². The van der Waals surface area contributed by atoms with Crippen LogP contribution < -0.4 is 0 Å². The van der Waals surface area contributed by atoms with Gasteiger partial charge in [0.1, 0.15) is 11.3 Å². The highest BCUT2D eigenvalue weighted by Crippen LogP contribution is 2.36. The van der Waals surface area contributed by atoms with Gasteiger partial charge >= 0.3 is 0 Å². The number of pyridine rings is 1. The summed E-state index contributed by atoms with van der Waals surface area (Å²) >= 11 is 0.